The van der Waals surface area contributed by atoms with Crippen LogP contribution in [0.3, 0.4) is 0 Å². The molecule has 1 amide bonds. The molecule has 1 unspecified atom stereocenters. The van der Waals surface area contributed by atoms with Crippen LogP contribution in [-0.2, 0) is 4.79 Å². The van der Waals surface area contributed by atoms with Gasteiger partial charge >= 0.3 is 6.18 Å². The van der Waals surface area contributed by atoms with Gasteiger partial charge in [-0.25, -0.2) is 15.0 Å². The van der Waals surface area contributed by atoms with Crippen LogP contribution < -0.4 is 15.5 Å². The SMILES string of the molecule is CC(=O)Nc1cc(-c2nc(N3CCNC(CC(F)(F)F)C3)c3c(C4CC4)cncc3n2)ccn1. The number of carbonyl (C=O) groups excluding carboxylic acids is 1. The van der Waals surface area contributed by atoms with Gasteiger partial charge in [-0.05, 0) is 36.5 Å². The van der Waals surface area contributed by atoms with Gasteiger partial charge in [-0.2, -0.15) is 13.2 Å². The smallest absolute Gasteiger partial charge is 0.353 e. The second-order valence-corrected chi connectivity index (χ2v) is 8.80. The Morgan fingerprint density at radius 3 is 2.82 bits per heavy atom. The molecule has 178 valence electrons. The topological polar surface area (TPSA) is 95.9 Å². The highest BCUT2D eigenvalue weighted by molar-refractivity contribution is 5.94. The summed E-state index contributed by atoms with van der Waals surface area (Å²) in [5.41, 5.74) is 2.33. The van der Waals surface area contributed by atoms with Crippen LogP contribution in [0.1, 0.15) is 37.7 Å². The number of rotatable bonds is 5. The summed E-state index contributed by atoms with van der Waals surface area (Å²) in [6.45, 7) is 2.53. The Kier molecular flexibility index (Phi) is 5.80. The Labute approximate surface area is 194 Å². The summed E-state index contributed by atoms with van der Waals surface area (Å²) in [4.78, 5) is 31.5. The number of aromatic nitrogens is 4. The summed E-state index contributed by atoms with van der Waals surface area (Å²) in [5.74, 6) is 1.51. The molecule has 1 atom stereocenters. The minimum atomic E-state index is -4.25. The average Bonchev–Trinajstić information content (AvgIpc) is 3.62. The van der Waals surface area contributed by atoms with Gasteiger partial charge in [0.2, 0.25) is 5.91 Å². The molecule has 8 nitrogen and oxygen atoms in total. The number of fused-ring (bicyclic) bond motifs is 1. The number of nitrogens with one attached hydrogen (secondary N) is 2. The number of anilines is 2. The zero-order valence-electron chi connectivity index (χ0n) is 18.6. The number of piperazine rings is 1. The van der Waals surface area contributed by atoms with Crippen LogP contribution in [0.15, 0.2) is 30.7 Å². The fourth-order valence-electron chi connectivity index (χ4n) is 4.40. The molecule has 0 aromatic carbocycles. The second-order valence-electron chi connectivity index (χ2n) is 8.80. The van der Waals surface area contributed by atoms with E-state index in [-0.39, 0.29) is 12.5 Å². The lowest BCUT2D eigenvalue weighted by Crippen LogP contribution is -2.52. The molecule has 1 aliphatic heterocycles. The normalized spacial score (nSPS) is 18.8. The summed E-state index contributed by atoms with van der Waals surface area (Å²) in [6.07, 6.45) is 1.98. The van der Waals surface area contributed by atoms with E-state index < -0.39 is 18.6 Å². The van der Waals surface area contributed by atoms with Crippen LogP contribution in [0.5, 0.6) is 0 Å². The number of carbonyl (C=O) groups is 1. The van der Waals surface area contributed by atoms with Gasteiger partial charge in [-0.1, -0.05) is 0 Å². The fraction of sp³-hybridized carbons (Fsp3) is 0.435. The van der Waals surface area contributed by atoms with Crippen molar-refractivity contribution in [2.24, 2.45) is 0 Å². The minimum absolute atomic E-state index is 0.185. The third-order valence-corrected chi connectivity index (χ3v) is 5.99. The van der Waals surface area contributed by atoms with Crippen molar-refractivity contribution in [3.05, 3.63) is 36.3 Å². The number of hydrogen-bond acceptors (Lipinski definition) is 7. The Morgan fingerprint density at radius 2 is 2.09 bits per heavy atom. The number of hydrogen-bond donors (Lipinski definition) is 2. The van der Waals surface area contributed by atoms with E-state index in [1.165, 1.54) is 6.92 Å². The molecule has 3 aromatic heterocycles. The zero-order chi connectivity index (χ0) is 23.9. The van der Waals surface area contributed by atoms with Crippen LogP contribution in [0.4, 0.5) is 24.8 Å². The highest BCUT2D eigenvalue weighted by atomic mass is 19.4. The average molecular weight is 471 g/mol. The first-order valence-electron chi connectivity index (χ1n) is 11.2. The molecule has 2 N–H and O–H groups in total. The van der Waals surface area contributed by atoms with Crippen molar-refractivity contribution in [3.63, 3.8) is 0 Å². The van der Waals surface area contributed by atoms with E-state index in [9.17, 15) is 18.0 Å². The number of nitrogens with zero attached hydrogens (tertiary/aromatic N) is 5. The molecule has 3 aromatic rings. The van der Waals surface area contributed by atoms with Gasteiger partial charge in [0, 0.05) is 55.9 Å². The summed E-state index contributed by atoms with van der Waals surface area (Å²) < 4.78 is 39.3. The van der Waals surface area contributed by atoms with Crippen LogP contribution >= 0.6 is 0 Å². The van der Waals surface area contributed by atoms with E-state index in [1.807, 2.05) is 11.1 Å². The standard InChI is InChI=1S/C23H24F3N7O/c1-13(34)30-19-8-15(4-5-29-19)21-31-18-11-27-10-17(14-2-3-14)20(18)22(32-21)33-7-6-28-16(12-33)9-23(24,25)26/h4-5,8,10-11,14,16,28H,2-3,6-7,9,12H2,1H3,(H,29,30,34). The third-order valence-electron chi connectivity index (χ3n) is 5.99. The lowest BCUT2D eigenvalue weighted by molar-refractivity contribution is -0.139. The maximum atomic E-state index is 13.1. The zero-order valence-corrected chi connectivity index (χ0v) is 18.6. The van der Waals surface area contributed by atoms with Gasteiger partial charge in [0.05, 0.1) is 18.1 Å². The molecule has 0 radical (unpaired) electrons. The first-order chi connectivity index (χ1) is 16.3. The summed E-state index contributed by atoms with van der Waals surface area (Å²) in [7, 11) is 0. The Morgan fingerprint density at radius 1 is 1.26 bits per heavy atom. The monoisotopic (exact) mass is 471 g/mol. The second kappa shape index (κ2) is 8.79. The molecule has 0 bridgehead atoms. The van der Waals surface area contributed by atoms with Crippen LogP contribution in [0, 0.1) is 0 Å². The lowest BCUT2D eigenvalue weighted by atomic mass is 10.1. The van der Waals surface area contributed by atoms with E-state index in [4.69, 9.17) is 9.97 Å². The molecule has 1 aliphatic carbocycles. The van der Waals surface area contributed by atoms with Crippen molar-refractivity contribution in [2.45, 2.75) is 44.3 Å². The van der Waals surface area contributed by atoms with Gasteiger partial charge in [0.15, 0.2) is 5.82 Å². The van der Waals surface area contributed by atoms with Crippen molar-refractivity contribution < 1.29 is 18.0 Å². The van der Waals surface area contributed by atoms with E-state index in [0.29, 0.717) is 47.5 Å². The number of alkyl halides is 3. The summed E-state index contributed by atoms with van der Waals surface area (Å²) in [6, 6.07) is 2.69. The lowest BCUT2D eigenvalue weighted by Gasteiger charge is -2.35. The van der Waals surface area contributed by atoms with E-state index in [1.54, 1.807) is 24.5 Å². The number of pyridine rings is 2. The van der Waals surface area contributed by atoms with E-state index >= 15 is 0 Å². The molecular formula is C23H24F3N7O. The van der Waals surface area contributed by atoms with Crippen molar-refractivity contribution in [1.82, 2.24) is 25.3 Å². The van der Waals surface area contributed by atoms with Crippen molar-refractivity contribution >= 4 is 28.4 Å². The van der Waals surface area contributed by atoms with E-state index in [0.717, 1.165) is 23.8 Å². The van der Waals surface area contributed by atoms with Crippen LogP contribution in [0.2, 0.25) is 0 Å². The predicted molar refractivity (Wildman–Crippen MR) is 122 cm³/mol. The summed E-state index contributed by atoms with van der Waals surface area (Å²) >= 11 is 0. The van der Waals surface area contributed by atoms with Gasteiger partial charge in [0.25, 0.3) is 0 Å². The highest BCUT2D eigenvalue weighted by Crippen LogP contribution is 2.45. The fourth-order valence-corrected chi connectivity index (χ4v) is 4.40. The first-order valence-corrected chi connectivity index (χ1v) is 11.2. The maximum Gasteiger partial charge on any atom is 0.390 e. The Bertz CT molecular complexity index is 1230. The van der Waals surface area contributed by atoms with Gasteiger partial charge < -0.3 is 15.5 Å². The molecule has 0 spiro atoms. The van der Waals surface area contributed by atoms with Crippen LogP contribution in [0.25, 0.3) is 22.3 Å². The van der Waals surface area contributed by atoms with Crippen molar-refractivity contribution in [1.29, 1.82) is 0 Å². The first kappa shape index (κ1) is 22.5. The van der Waals surface area contributed by atoms with E-state index in [2.05, 4.69) is 20.6 Å². The molecule has 11 heteroatoms. The molecule has 4 heterocycles. The molecule has 34 heavy (non-hydrogen) atoms. The number of halogens is 3. The maximum absolute atomic E-state index is 13.1. The minimum Gasteiger partial charge on any atom is -0.353 e. The summed E-state index contributed by atoms with van der Waals surface area (Å²) in [5, 5.41) is 6.48. The van der Waals surface area contributed by atoms with Gasteiger partial charge in [-0.3, -0.25) is 9.78 Å². The largest absolute Gasteiger partial charge is 0.390 e. The highest BCUT2D eigenvalue weighted by Gasteiger charge is 2.35. The van der Waals surface area contributed by atoms with Crippen molar-refractivity contribution in [2.75, 3.05) is 29.9 Å². The van der Waals surface area contributed by atoms with Gasteiger partial charge in [-0.15, -0.1) is 0 Å². The van der Waals surface area contributed by atoms with Crippen molar-refractivity contribution in [3.8, 4) is 11.4 Å². The van der Waals surface area contributed by atoms with Crippen LogP contribution in [-0.4, -0.2) is 57.7 Å². The molecule has 1 saturated heterocycles. The molecule has 2 fully saturated rings. The molecule has 1 saturated carbocycles. The molecule has 2 aliphatic rings. The predicted octanol–water partition coefficient (Wildman–Crippen LogP) is 3.65. The molecule has 5 rings (SSSR count). The number of amides is 1. The third kappa shape index (κ3) is 4.93. The Hall–Kier alpha value is -3.34. The Balaban J connectivity index is 1.60. The molecular weight excluding hydrogens is 447 g/mol. The quantitative estimate of drug-likeness (QED) is 0.586. The van der Waals surface area contributed by atoms with Gasteiger partial charge in [0.1, 0.15) is 11.6 Å².